The lowest BCUT2D eigenvalue weighted by Crippen LogP contribution is -2.33. The molecule has 5 heteroatoms. The first-order valence-electron chi connectivity index (χ1n) is 5.15. The van der Waals surface area contributed by atoms with Gasteiger partial charge in [-0.25, -0.2) is 0 Å². The molecular formula is C11H11BrN2O2. The average molecular weight is 283 g/mol. The molecular weight excluding hydrogens is 272 g/mol. The van der Waals surface area contributed by atoms with Gasteiger partial charge in [0.05, 0.1) is 24.3 Å². The lowest BCUT2D eigenvalue weighted by molar-refractivity contribution is 0.0745. The van der Waals surface area contributed by atoms with Crippen LogP contribution in [0.2, 0.25) is 0 Å². The summed E-state index contributed by atoms with van der Waals surface area (Å²) < 4.78 is 5.50. The van der Waals surface area contributed by atoms with Crippen molar-refractivity contribution >= 4 is 21.8 Å². The maximum Gasteiger partial charge on any atom is 0.258 e. The molecule has 1 aromatic heterocycles. The molecule has 1 aliphatic rings. The largest absolute Gasteiger partial charge is 0.457 e. The van der Waals surface area contributed by atoms with Gasteiger partial charge in [0.1, 0.15) is 0 Å². The summed E-state index contributed by atoms with van der Waals surface area (Å²) in [6.45, 7) is 0.498. The van der Waals surface area contributed by atoms with Crippen molar-refractivity contribution < 1.29 is 9.21 Å². The van der Waals surface area contributed by atoms with Gasteiger partial charge in [-0.15, -0.1) is 0 Å². The smallest absolute Gasteiger partial charge is 0.258 e. The lowest BCUT2D eigenvalue weighted by atomic mass is 10.2. The molecule has 1 aliphatic carbocycles. The van der Waals surface area contributed by atoms with E-state index in [4.69, 9.17) is 9.68 Å². The van der Waals surface area contributed by atoms with Crippen LogP contribution in [0.5, 0.6) is 0 Å². The van der Waals surface area contributed by atoms with Crippen molar-refractivity contribution in [1.29, 1.82) is 5.26 Å². The number of nitriles is 1. The summed E-state index contributed by atoms with van der Waals surface area (Å²) in [7, 11) is 0. The van der Waals surface area contributed by atoms with Crippen LogP contribution in [0.25, 0.3) is 0 Å². The number of halogens is 1. The van der Waals surface area contributed by atoms with Gasteiger partial charge in [0, 0.05) is 12.6 Å². The molecule has 4 nitrogen and oxygen atoms in total. The summed E-state index contributed by atoms with van der Waals surface area (Å²) >= 11 is 3.19. The minimum absolute atomic E-state index is 0.0571. The van der Waals surface area contributed by atoms with E-state index < -0.39 is 0 Å². The molecule has 0 aromatic carbocycles. The van der Waals surface area contributed by atoms with Crippen LogP contribution < -0.4 is 0 Å². The van der Waals surface area contributed by atoms with Crippen LogP contribution in [0.1, 0.15) is 29.6 Å². The van der Waals surface area contributed by atoms with E-state index in [9.17, 15) is 4.79 Å². The zero-order valence-corrected chi connectivity index (χ0v) is 10.2. The fourth-order valence-corrected chi connectivity index (χ4v) is 2.02. The van der Waals surface area contributed by atoms with E-state index in [1.807, 2.05) is 0 Å². The number of furan rings is 1. The SMILES string of the molecule is N#CCCN(C(=O)c1ccoc1Br)C1CC1. The van der Waals surface area contributed by atoms with Gasteiger partial charge in [0.2, 0.25) is 0 Å². The molecule has 0 N–H and O–H groups in total. The second-order valence-electron chi connectivity index (χ2n) is 3.75. The summed E-state index contributed by atoms with van der Waals surface area (Å²) in [6.07, 6.45) is 3.92. The number of hydrogen-bond donors (Lipinski definition) is 0. The summed E-state index contributed by atoms with van der Waals surface area (Å²) in [5.74, 6) is -0.0571. The van der Waals surface area contributed by atoms with Crippen LogP contribution in [0, 0.1) is 11.3 Å². The first-order chi connectivity index (χ1) is 7.74. The molecule has 1 heterocycles. The third-order valence-electron chi connectivity index (χ3n) is 2.56. The molecule has 0 radical (unpaired) electrons. The molecule has 2 rings (SSSR count). The third-order valence-corrected chi connectivity index (χ3v) is 3.18. The standard InChI is InChI=1S/C11H11BrN2O2/c12-10-9(4-7-16-10)11(15)14(6-1-5-13)8-2-3-8/h4,7-8H,1-3,6H2. The van der Waals surface area contributed by atoms with Crippen LogP contribution in [0.3, 0.4) is 0 Å². The first kappa shape index (κ1) is 11.2. The van der Waals surface area contributed by atoms with E-state index in [1.54, 1.807) is 11.0 Å². The topological polar surface area (TPSA) is 57.2 Å². The Labute approximate surface area is 102 Å². The molecule has 84 valence electrons. The van der Waals surface area contributed by atoms with E-state index in [2.05, 4.69) is 22.0 Å². The summed E-state index contributed by atoms with van der Waals surface area (Å²) in [5, 5.41) is 8.57. The molecule has 1 fully saturated rings. The van der Waals surface area contributed by atoms with E-state index in [0.717, 1.165) is 12.8 Å². The van der Waals surface area contributed by atoms with Crippen molar-refractivity contribution in [2.75, 3.05) is 6.54 Å². The molecule has 1 amide bonds. The van der Waals surface area contributed by atoms with E-state index in [-0.39, 0.29) is 5.91 Å². The van der Waals surface area contributed by atoms with Crippen LogP contribution in [0.15, 0.2) is 21.4 Å². The monoisotopic (exact) mass is 282 g/mol. The van der Waals surface area contributed by atoms with Crippen LogP contribution in [0.4, 0.5) is 0 Å². The Morgan fingerprint density at radius 3 is 2.94 bits per heavy atom. The van der Waals surface area contributed by atoms with Gasteiger partial charge in [-0.05, 0) is 34.8 Å². The predicted molar refractivity (Wildman–Crippen MR) is 60.7 cm³/mol. The van der Waals surface area contributed by atoms with Crippen molar-refractivity contribution in [1.82, 2.24) is 4.90 Å². The number of carbonyl (C=O) groups is 1. The molecule has 16 heavy (non-hydrogen) atoms. The van der Waals surface area contributed by atoms with Gasteiger partial charge in [0.15, 0.2) is 4.67 Å². The number of nitrogens with zero attached hydrogens (tertiary/aromatic N) is 2. The number of rotatable bonds is 4. The zero-order valence-electron chi connectivity index (χ0n) is 8.65. The summed E-state index contributed by atoms with van der Waals surface area (Å²) in [4.78, 5) is 13.9. The normalized spacial score (nSPS) is 14.5. The fraction of sp³-hybridized carbons (Fsp3) is 0.455. The molecule has 0 spiro atoms. The Hall–Kier alpha value is -1.28. The van der Waals surface area contributed by atoms with Gasteiger partial charge < -0.3 is 9.32 Å². The van der Waals surface area contributed by atoms with Crippen LogP contribution in [-0.4, -0.2) is 23.4 Å². The number of carbonyl (C=O) groups excluding carboxylic acids is 1. The highest BCUT2D eigenvalue weighted by molar-refractivity contribution is 9.10. The highest BCUT2D eigenvalue weighted by Gasteiger charge is 2.33. The summed E-state index contributed by atoms with van der Waals surface area (Å²) in [5.41, 5.74) is 0.532. The average Bonchev–Trinajstić information content (AvgIpc) is 3.01. The Bertz CT molecular complexity index is 431. The van der Waals surface area contributed by atoms with Gasteiger partial charge in [-0.2, -0.15) is 5.26 Å². The molecule has 0 unspecified atom stereocenters. The highest BCUT2D eigenvalue weighted by atomic mass is 79.9. The number of amides is 1. The summed E-state index contributed by atoms with van der Waals surface area (Å²) in [6, 6.07) is 4.02. The molecule has 1 aromatic rings. The second-order valence-corrected chi connectivity index (χ2v) is 4.47. The Balaban J connectivity index is 2.11. The quantitative estimate of drug-likeness (QED) is 0.853. The highest BCUT2D eigenvalue weighted by Crippen LogP contribution is 2.30. The molecule has 0 atom stereocenters. The Morgan fingerprint density at radius 2 is 2.44 bits per heavy atom. The van der Waals surface area contributed by atoms with E-state index in [0.29, 0.717) is 29.2 Å². The fourth-order valence-electron chi connectivity index (χ4n) is 1.61. The molecule has 0 saturated heterocycles. The first-order valence-corrected chi connectivity index (χ1v) is 5.94. The van der Waals surface area contributed by atoms with Crippen molar-refractivity contribution in [2.24, 2.45) is 0 Å². The van der Waals surface area contributed by atoms with Gasteiger partial charge in [-0.3, -0.25) is 4.79 Å². The Kier molecular flexibility index (Phi) is 3.30. The molecule has 1 saturated carbocycles. The predicted octanol–water partition coefficient (Wildman–Crippen LogP) is 2.56. The maximum absolute atomic E-state index is 12.1. The van der Waals surface area contributed by atoms with Gasteiger partial charge >= 0.3 is 0 Å². The van der Waals surface area contributed by atoms with Gasteiger partial charge in [-0.1, -0.05) is 0 Å². The molecule has 0 bridgehead atoms. The minimum Gasteiger partial charge on any atom is -0.457 e. The number of hydrogen-bond acceptors (Lipinski definition) is 3. The minimum atomic E-state index is -0.0571. The maximum atomic E-state index is 12.1. The Morgan fingerprint density at radius 1 is 1.69 bits per heavy atom. The van der Waals surface area contributed by atoms with Crippen LogP contribution >= 0.6 is 15.9 Å². The zero-order chi connectivity index (χ0) is 11.5. The van der Waals surface area contributed by atoms with Crippen molar-refractivity contribution in [3.05, 3.63) is 22.6 Å². The second kappa shape index (κ2) is 4.71. The molecule has 0 aliphatic heterocycles. The van der Waals surface area contributed by atoms with Crippen molar-refractivity contribution in [2.45, 2.75) is 25.3 Å². The third kappa shape index (κ3) is 2.27. The van der Waals surface area contributed by atoms with Crippen LogP contribution in [-0.2, 0) is 0 Å². The van der Waals surface area contributed by atoms with E-state index in [1.165, 1.54) is 6.26 Å². The van der Waals surface area contributed by atoms with E-state index >= 15 is 0 Å². The van der Waals surface area contributed by atoms with Crippen molar-refractivity contribution in [3.8, 4) is 6.07 Å². The lowest BCUT2D eigenvalue weighted by Gasteiger charge is -2.20. The van der Waals surface area contributed by atoms with Crippen molar-refractivity contribution in [3.63, 3.8) is 0 Å². The van der Waals surface area contributed by atoms with Gasteiger partial charge in [0.25, 0.3) is 5.91 Å².